The molecule has 0 bridgehead atoms. The summed E-state index contributed by atoms with van der Waals surface area (Å²) >= 11 is 0. The number of likely N-dealkylation sites (tertiary alicyclic amines) is 1. The Kier molecular flexibility index (Phi) is 28.7. The fraction of sp³-hybridized carbons (Fsp3) is 0.700. The van der Waals surface area contributed by atoms with Crippen molar-refractivity contribution in [2.75, 3.05) is 32.7 Å². The normalized spacial score (nSPS) is 16.4. The summed E-state index contributed by atoms with van der Waals surface area (Å²) < 4.78 is 0. The first-order chi connectivity index (χ1) is 34.1. The lowest BCUT2D eigenvalue weighted by Crippen LogP contribution is -2.59. The zero-order valence-electron chi connectivity index (χ0n) is 43.3. The van der Waals surface area contributed by atoms with E-state index in [0.717, 1.165) is 5.56 Å². The maximum absolute atomic E-state index is 14.3. The Balaban J connectivity index is 2.20. The van der Waals surface area contributed by atoms with Crippen LogP contribution in [0, 0.1) is 17.8 Å². The number of carbonyl (C=O) groups excluding carboxylic acids is 8. The smallest absolute Gasteiger partial charge is 0.326 e. The molecule has 0 aromatic heterocycles. The fourth-order valence-electron chi connectivity index (χ4n) is 8.34. The molecule has 0 aliphatic carbocycles. The molecule has 0 spiro atoms. The van der Waals surface area contributed by atoms with Gasteiger partial charge < -0.3 is 70.2 Å². The summed E-state index contributed by atoms with van der Waals surface area (Å²) in [5.74, 6) is -7.19. The van der Waals surface area contributed by atoms with Crippen molar-refractivity contribution in [2.24, 2.45) is 40.7 Å². The quantitative estimate of drug-likeness (QED) is 0.0384. The third-order valence-corrected chi connectivity index (χ3v) is 12.5. The number of nitrogens with two attached hydrogens (primary N) is 4. The highest BCUT2D eigenvalue weighted by Crippen LogP contribution is 2.21. The Bertz CT molecular complexity index is 1900. The minimum atomic E-state index is -1.23. The monoisotopic (exact) mass is 1010 g/mol. The molecule has 1 aromatic rings. The van der Waals surface area contributed by atoms with E-state index in [1.54, 1.807) is 27.7 Å². The highest BCUT2D eigenvalue weighted by molar-refractivity contribution is 5.97. The lowest BCUT2D eigenvalue weighted by Gasteiger charge is -2.30. The number of hydrogen-bond acceptors (Lipinski definition) is 13. The van der Waals surface area contributed by atoms with Gasteiger partial charge in [-0.3, -0.25) is 38.4 Å². The van der Waals surface area contributed by atoms with Crippen LogP contribution < -0.4 is 60.2 Å². The second-order valence-electron chi connectivity index (χ2n) is 19.8. The molecule has 0 radical (unpaired) electrons. The van der Waals surface area contributed by atoms with Gasteiger partial charge in [0.1, 0.15) is 42.3 Å². The summed E-state index contributed by atoms with van der Waals surface area (Å²) in [5.41, 5.74) is 24.2. The molecule has 0 unspecified atom stereocenters. The number of amides is 8. The van der Waals surface area contributed by atoms with Gasteiger partial charge in [-0.1, -0.05) is 71.9 Å². The van der Waals surface area contributed by atoms with E-state index in [0.29, 0.717) is 64.6 Å². The number of carbonyl (C=O) groups is 9. The first-order valence-corrected chi connectivity index (χ1v) is 25.7. The molecular weight excluding hydrogens is 929 g/mol. The van der Waals surface area contributed by atoms with Crippen LogP contribution in [0.2, 0.25) is 0 Å². The largest absolute Gasteiger partial charge is 0.480 e. The molecule has 8 amide bonds. The van der Waals surface area contributed by atoms with Gasteiger partial charge in [0.05, 0.1) is 12.6 Å². The Morgan fingerprint density at radius 1 is 0.611 bits per heavy atom. The summed E-state index contributed by atoms with van der Waals surface area (Å²) in [6.45, 7) is 11.1. The highest BCUT2D eigenvalue weighted by atomic mass is 16.4. The fourth-order valence-corrected chi connectivity index (χ4v) is 8.34. The van der Waals surface area contributed by atoms with Crippen LogP contribution in [0.5, 0.6) is 0 Å². The average Bonchev–Trinajstić information content (AvgIpc) is 3.83. The number of benzene rings is 1. The van der Waals surface area contributed by atoms with Crippen molar-refractivity contribution in [3.05, 3.63) is 35.9 Å². The molecule has 72 heavy (non-hydrogen) atoms. The van der Waals surface area contributed by atoms with Crippen molar-refractivity contribution in [1.82, 2.24) is 42.1 Å². The molecular formula is C50H86N12O10. The van der Waals surface area contributed by atoms with Gasteiger partial charge in [-0.05, 0) is 126 Å². The van der Waals surface area contributed by atoms with Crippen LogP contribution in [-0.4, -0.2) is 144 Å². The number of rotatable bonds is 34. The van der Waals surface area contributed by atoms with E-state index in [4.69, 9.17) is 22.9 Å². The van der Waals surface area contributed by atoms with E-state index >= 15 is 0 Å². The van der Waals surface area contributed by atoms with Crippen molar-refractivity contribution in [3.63, 3.8) is 0 Å². The molecule has 0 saturated carbocycles. The van der Waals surface area contributed by atoms with E-state index in [1.807, 2.05) is 44.2 Å². The summed E-state index contributed by atoms with van der Waals surface area (Å²) in [6, 6.07) is 0.627. The number of nitrogens with zero attached hydrogens (tertiary/aromatic N) is 1. The molecule has 2 rings (SSSR count). The van der Waals surface area contributed by atoms with Crippen LogP contribution in [0.4, 0.5) is 0 Å². The molecule has 1 heterocycles. The number of unbranched alkanes of at least 4 members (excludes halogenated alkanes) is 3. The van der Waals surface area contributed by atoms with Crippen molar-refractivity contribution in [1.29, 1.82) is 0 Å². The predicted molar refractivity (Wildman–Crippen MR) is 273 cm³/mol. The lowest BCUT2D eigenvalue weighted by atomic mass is 10.00. The zero-order chi connectivity index (χ0) is 53.9. The standard InChI is InChI=1S/C50H86N12O10/c1-30(2)27-38(59-43(64)34(54)28-33-17-8-7-9-18-33)46(67)58-37(21-12-15-25-53)49(70)62-26-16-22-39(62)47(68)55-29-40(63)56-35(19-10-13-23-51)44(65)60-41(31(3)4)48(69)57-36(20-11-14-24-52)45(66)61-42(32(5)6)50(71)72/h7-9,17-18,30-32,34-39,41-42H,10-16,19-29,51-54H2,1-6H3,(H,55,68)(H,56,63)(H,57,69)(H,58,67)(H,59,64)(H,60,65)(H,61,66)(H,71,72)/t34-,35-,36-,37-,38-,39-,41-,42-/m0/s1. The minimum Gasteiger partial charge on any atom is -0.480 e. The van der Waals surface area contributed by atoms with E-state index in [2.05, 4.69) is 37.2 Å². The first kappa shape index (κ1) is 62.4. The molecule has 1 aliphatic rings. The summed E-state index contributed by atoms with van der Waals surface area (Å²) in [4.78, 5) is 123. The predicted octanol–water partition coefficient (Wildman–Crippen LogP) is -0.598. The highest BCUT2D eigenvalue weighted by Gasteiger charge is 2.39. The Morgan fingerprint density at radius 2 is 1.10 bits per heavy atom. The molecule has 1 fully saturated rings. The topological polar surface area (TPSA) is 365 Å². The van der Waals surface area contributed by atoms with Crippen LogP contribution in [0.1, 0.15) is 124 Å². The van der Waals surface area contributed by atoms with Crippen molar-refractivity contribution >= 4 is 53.2 Å². The molecule has 1 aromatic carbocycles. The summed E-state index contributed by atoms with van der Waals surface area (Å²) in [5, 5.41) is 28.4. The van der Waals surface area contributed by atoms with E-state index in [9.17, 15) is 48.3 Å². The molecule has 1 aliphatic heterocycles. The van der Waals surface area contributed by atoms with Crippen molar-refractivity contribution in [2.45, 2.75) is 173 Å². The van der Waals surface area contributed by atoms with Gasteiger partial charge in [0, 0.05) is 6.54 Å². The molecule has 16 N–H and O–H groups in total. The van der Waals surface area contributed by atoms with E-state index < -0.39 is 120 Å². The average molecular weight is 1020 g/mol. The maximum Gasteiger partial charge on any atom is 0.326 e. The molecule has 1 saturated heterocycles. The first-order valence-electron chi connectivity index (χ1n) is 25.7. The molecule has 22 heteroatoms. The van der Waals surface area contributed by atoms with Crippen LogP contribution in [-0.2, 0) is 49.6 Å². The number of carboxylic acid groups (broad SMARTS) is 1. The number of carboxylic acids is 1. The Labute approximate surface area is 425 Å². The lowest BCUT2D eigenvalue weighted by molar-refractivity contribution is -0.143. The number of hydrogen-bond donors (Lipinski definition) is 12. The third-order valence-electron chi connectivity index (χ3n) is 12.5. The molecule has 8 atom stereocenters. The zero-order valence-corrected chi connectivity index (χ0v) is 43.3. The van der Waals surface area contributed by atoms with Gasteiger partial charge in [-0.2, -0.15) is 0 Å². The molecule has 406 valence electrons. The molecule has 22 nitrogen and oxygen atoms in total. The van der Waals surface area contributed by atoms with Crippen LogP contribution in [0.15, 0.2) is 30.3 Å². The van der Waals surface area contributed by atoms with Crippen molar-refractivity contribution < 1.29 is 48.3 Å². The van der Waals surface area contributed by atoms with E-state index in [1.165, 1.54) is 4.90 Å². The SMILES string of the molecule is CC(C)C[C@H](NC(=O)[C@@H](N)Cc1ccccc1)C(=O)N[C@@H](CCCCN)C(=O)N1CCC[C@H]1C(=O)NCC(=O)N[C@@H](CCCCN)C(=O)N[C@H](C(=O)N[C@@H](CCCCN)C(=O)N[C@H](C(=O)O)C(C)C)C(C)C. The van der Waals surface area contributed by atoms with Gasteiger partial charge in [0.15, 0.2) is 0 Å². The van der Waals surface area contributed by atoms with Crippen LogP contribution in [0.25, 0.3) is 0 Å². The third kappa shape index (κ3) is 22.0. The number of nitrogens with one attached hydrogen (secondary N) is 7. The van der Waals surface area contributed by atoms with Gasteiger partial charge in [0.2, 0.25) is 47.3 Å². The number of aliphatic carboxylic acids is 1. The van der Waals surface area contributed by atoms with E-state index in [-0.39, 0.29) is 51.0 Å². The summed E-state index contributed by atoms with van der Waals surface area (Å²) in [7, 11) is 0. The van der Waals surface area contributed by atoms with Gasteiger partial charge in [0.25, 0.3) is 0 Å². The van der Waals surface area contributed by atoms with Crippen molar-refractivity contribution in [3.8, 4) is 0 Å². The second kappa shape index (κ2) is 33.1. The Morgan fingerprint density at radius 3 is 1.61 bits per heavy atom. The van der Waals surface area contributed by atoms with Gasteiger partial charge in [-0.25, -0.2) is 4.79 Å². The summed E-state index contributed by atoms with van der Waals surface area (Å²) in [6.07, 6.45) is 4.80. The van der Waals surface area contributed by atoms with Crippen LogP contribution >= 0.6 is 0 Å². The van der Waals surface area contributed by atoms with Gasteiger partial charge in [-0.15, -0.1) is 0 Å². The minimum absolute atomic E-state index is 0.0103. The van der Waals surface area contributed by atoms with Gasteiger partial charge >= 0.3 is 5.97 Å². The van der Waals surface area contributed by atoms with Crippen LogP contribution in [0.3, 0.4) is 0 Å². The Hall–Kier alpha value is -5.71. The maximum atomic E-state index is 14.3. The second-order valence-corrected chi connectivity index (χ2v) is 19.8.